The smallest absolute Gasteiger partial charge is 0.180 e. The number of aromatic nitrogens is 3. The quantitative estimate of drug-likeness (QED) is 0.673. The molecule has 0 saturated carbocycles. The van der Waals surface area contributed by atoms with Crippen molar-refractivity contribution < 1.29 is 0 Å². The van der Waals surface area contributed by atoms with Crippen molar-refractivity contribution in [3.05, 3.63) is 30.2 Å². The SMILES string of the molecule is Nc1ccc(-c2cnc(N)c3nc([C@H]4CCCNC4)cn23)s1. The molecule has 1 atom stereocenters. The third-order valence-corrected chi connectivity index (χ3v) is 5.07. The van der Waals surface area contributed by atoms with Gasteiger partial charge in [0.1, 0.15) is 0 Å². The standard InChI is InChI=1S/C15H18N6S/c16-13-4-3-12(22-13)11-7-19-14(17)15-20-10(8-21(11)15)9-2-1-5-18-6-9/h3-4,7-9,18H,1-2,5-6,16H2,(H2,17,19)/t9-/m0/s1. The number of hydrogen-bond donors (Lipinski definition) is 3. The fourth-order valence-corrected chi connectivity index (χ4v) is 3.77. The van der Waals surface area contributed by atoms with Crippen LogP contribution in [0.15, 0.2) is 24.5 Å². The Morgan fingerprint density at radius 3 is 2.95 bits per heavy atom. The Balaban J connectivity index is 1.85. The number of anilines is 2. The Morgan fingerprint density at radius 2 is 2.23 bits per heavy atom. The van der Waals surface area contributed by atoms with Crippen LogP contribution in [0.25, 0.3) is 16.2 Å². The van der Waals surface area contributed by atoms with Crippen LogP contribution < -0.4 is 16.8 Å². The average Bonchev–Trinajstić information content (AvgIpc) is 3.16. The Bertz CT molecular complexity index is 815. The van der Waals surface area contributed by atoms with Crippen molar-refractivity contribution in [2.45, 2.75) is 18.8 Å². The lowest BCUT2D eigenvalue weighted by molar-refractivity contribution is 0.456. The number of piperidine rings is 1. The summed E-state index contributed by atoms with van der Waals surface area (Å²) in [6, 6.07) is 3.92. The predicted molar refractivity (Wildman–Crippen MR) is 90.0 cm³/mol. The van der Waals surface area contributed by atoms with Crippen LogP contribution in [0.2, 0.25) is 0 Å². The molecule has 0 spiro atoms. The van der Waals surface area contributed by atoms with Crippen molar-refractivity contribution >= 4 is 27.8 Å². The van der Waals surface area contributed by atoms with Crippen molar-refractivity contribution in [1.82, 2.24) is 19.7 Å². The van der Waals surface area contributed by atoms with Crippen molar-refractivity contribution in [1.29, 1.82) is 0 Å². The highest BCUT2D eigenvalue weighted by molar-refractivity contribution is 7.19. The number of thiophene rings is 1. The second kappa shape index (κ2) is 5.26. The Hall–Kier alpha value is -2.12. The van der Waals surface area contributed by atoms with Crippen molar-refractivity contribution in [2.24, 2.45) is 0 Å². The van der Waals surface area contributed by atoms with E-state index < -0.39 is 0 Å². The normalized spacial score (nSPS) is 18.8. The van der Waals surface area contributed by atoms with Gasteiger partial charge in [-0.25, -0.2) is 9.97 Å². The Labute approximate surface area is 132 Å². The molecule has 0 unspecified atom stereocenters. The minimum absolute atomic E-state index is 0.439. The van der Waals surface area contributed by atoms with Gasteiger partial charge in [-0.1, -0.05) is 0 Å². The van der Waals surface area contributed by atoms with E-state index in [0.29, 0.717) is 11.7 Å². The highest BCUT2D eigenvalue weighted by Gasteiger charge is 2.20. The summed E-state index contributed by atoms with van der Waals surface area (Å²) in [6.45, 7) is 2.06. The number of nitrogens with two attached hydrogens (primary N) is 2. The third-order valence-electron chi connectivity index (χ3n) is 4.13. The van der Waals surface area contributed by atoms with Crippen LogP contribution in [0.1, 0.15) is 24.5 Å². The van der Waals surface area contributed by atoms with E-state index in [1.807, 2.05) is 16.5 Å². The molecule has 0 aromatic carbocycles. The number of hydrogen-bond acceptors (Lipinski definition) is 6. The van der Waals surface area contributed by atoms with Crippen LogP contribution in [-0.4, -0.2) is 27.5 Å². The van der Waals surface area contributed by atoms with Crippen molar-refractivity contribution in [3.8, 4) is 10.6 Å². The lowest BCUT2D eigenvalue weighted by atomic mass is 9.97. The van der Waals surface area contributed by atoms with Gasteiger partial charge in [0, 0.05) is 18.7 Å². The van der Waals surface area contributed by atoms with Crippen LogP contribution in [0, 0.1) is 0 Å². The molecule has 1 fully saturated rings. The number of imidazole rings is 1. The van der Waals surface area contributed by atoms with Crippen molar-refractivity contribution in [3.63, 3.8) is 0 Å². The number of nitrogen functional groups attached to an aromatic ring is 2. The largest absolute Gasteiger partial charge is 0.391 e. The molecule has 3 aromatic heterocycles. The highest BCUT2D eigenvalue weighted by atomic mass is 32.1. The summed E-state index contributed by atoms with van der Waals surface area (Å²) in [5.74, 6) is 0.901. The van der Waals surface area contributed by atoms with E-state index in [-0.39, 0.29) is 0 Å². The lowest BCUT2D eigenvalue weighted by Gasteiger charge is -2.20. The first-order valence-corrected chi connectivity index (χ1v) is 8.24. The van der Waals surface area contributed by atoms with E-state index in [1.54, 1.807) is 17.5 Å². The molecule has 4 rings (SSSR count). The van der Waals surface area contributed by atoms with Crippen LogP contribution in [0.3, 0.4) is 0 Å². The molecule has 22 heavy (non-hydrogen) atoms. The number of nitrogens with zero attached hydrogens (tertiary/aromatic N) is 3. The number of rotatable bonds is 2. The zero-order valence-electron chi connectivity index (χ0n) is 12.1. The minimum Gasteiger partial charge on any atom is -0.391 e. The molecular formula is C15H18N6S. The fourth-order valence-electron chi connectivity index (χ4n) is 2.99. The third kappa shape index (κ3) is 2.22. The molecule has 0 amide bonds. The molecule has 0 aliphatic carbocycles. The van der Waals surface area contributed by atoms with Gasteiger partial charge in [0.2, 0.25) is 0 Å². The van der Waals surface area contributed by atoms with Gasteiger partial charge in [0.05, 0.1) is 27.5 Å². The first-order valence-electron chi connectivity index (χ1n) is 7.42. The number of nitrogens with one attached hydrogen (secondary N) is 1. The van der Waals surface area contributed by atoms with Crippen LogP contribution in [0.4, 0.5) is 10.8 Å². The summed E-state index contributed by atoms with van der Waals surface area (Å²) in [5.41, 5.74) is 14.7. The van der Waals surface area contributed by atoms with Crippen LogP contribution >= 0.6 is 11.3 Å². The summed E-state index contributed by atoms with van der Waals surface area (Å²) in [7, 11) is 0. The van der Waals surface area contributed by atoms with E-state index in [9.17, 15) is 0 Å². The summed E-state index contributed by atoms with van der Waals surface area (Å²) in [4.78, 5) is 10.1. The monoisotopic (exact) mass is 314 g/mol. The van der Waals surface area contributed by atoms with Gasteiger partial charge < -0.3 is 16.8 Å². The molecule has 4 heterocycles. The van der Waals surface area contributed by atoms with Crippen LogP contribution in [0.5, 0.6) is 0 Å². The van der Waals surface area contributed by atoms with Gasteiger partial charge in [-0.2, -0.15) is 0 Å². The molecule has 114 valence electrons. The summed E-state index contributed by atoms with van der Waals surface area (Å²) < 4.78 is 2.04. The second-order valence-corrected chi connectivity index (χ2v) is 6.75. The predicted octanol–water partition coefficient (Wildman–Crippen LogP) is 2.09. The van der Waals surface area contributed by atoms with Crippen LogP contribution in [-0.2, 0) is 0 Å². The molecular weight excluding hydrogens is 296 g/mol. The molecule has 3 aromatic rings. The first kappa shape index (κ1) is 13.5. The van der Waals surface area contributed by atoms with Gasteiger partial charge in [0.25, 0.3) is 0 Å². The van der Waals surface area contributed by atoms with E-state index in [0.717, 1.165) is 46.4 Å². The first-order chi connectivity index (χ1) is 10.7. The van der Waals surface area contributed by atoms with E-state index in [1.165, 1.54) is 6.42 Å². The number of fused-ring (bicyclic) bond motifs is 1. The van der Waals surface area contributed by atoms with E-state index >= 15 is 0 Å². The zero-order valence-corrected chi connectivity index (χ0v) is 12.9. The maximum atomic E-state index is 6.02. The van der Waals surface area contributed by atoms with Gasteiger partial charge in [-0.3, -0.25) is 4.40 Å². The summed E-state index contributed by atoms with van der Waals surface area (Å²) in [6.07, 6.45) is 6.22. The summed E-state index contributed by atoms with van der Waals surface area (Å²) >= 11 is 1.54. The second-order valence-electron chi connectivity index (χ2n) is 5.63. The molecule has 5 N–H and O–H groups in total. The highest BCUT2D eigenvalue weighted by Crippen LogP contribution is 2.32. The maximum Gasteiger partial charge on any atom is 0.180 e. The molecule has 0 radical (unpaired) electrons. The van der Waals surface area contributed by atoms with E-state index in [4.69, 9.17) is 16.5 Å². The summed E-state index contributed by atoms with van der Waals surface area (Å²) in [5, 5.41) is 4.22. The van der Waals surface area contributed by atoms with Gasteiger partial charge in [0.15, 0.2) is 11.5 Å². The zero-order chi connectivity index (χ0) is 15.1. The van der Waals surface area contributed by atoms with Crippen molar-refractivity contribution in [2.75, 3.05) is 24.6 Å². The molecule has 1 aliphatic heterocycles. The minimum atomic E-state index is 0.439. The molecule has 1 saturated heterocycles. The molecule has 0 bridgehead atoms. The maximum absolute atomic E-state index is 6.02. The average molecular weight is 314 g/mol. The van der Waals surface area contributed by atoms with E-state index in [2.05, 4.69) is 16.5 Å². The van der Waals surface area contributed by atoms with Gasteiger partial charge >= 0.3 is 0 Å². The topological polar surface area (TPSA) is 94.3 Å². The lowest BCUT2D eigenvalue weighted by Crippen LogP contribution is -2.28. The van der Waals surface area contributed by atoms with Gasteiger partial charge in [-0.15, -0.1) is 11.3 Å². The Morgan fingerprint density at radius 1 is 1.32 bits per heavy atom. The molecule has 7 heteroatoms. The molecule has 1 aliphatic rings. The fraction of sp³-hybridized carbons (Fsp3) is 0.333. The Kier molecular flexibility index (Phi) is 3.24. The molecule has 6 nitrogen and oxygen atoms in total. The van der Waals surface area contributed by atoms with Gasteiger partial charge in [-0.05, 0) is 31.5 Å².